The first kappa shape index (κ1) is 23.2. The molecule has 1 aliphatic rings. The highest BCUT2D eigenvalue weighted by Crippen LogP contribution is 2.29. The maximum Gasteiger partial charge on any atom is 0.241 e. The molecule has 0 saturated carbocycles. The average molecular weight is 464 g/mol. The highest BCUT2D eigenvalue weighted by atomic mass is 35.5. The summed E-state index contributed by atoms with van der Waals surface area (Å²) >= 11 is 6.16. The fourth-order valence-corrected chi connectivity index (χ4v) is 4.90. The van der Waals surface area contributed by atoms with Crippen LogP contribution in [-0.2, 0) is 19.6 Å². The number of carbonyl (C=O) groups excluding carboxylic acids is 2. The summed E-state index contributed by atoms with van der Waals surface area (Å²) in [7, 11) is -3.66. The van der Waals surface area contributed by atoms with Crippen LogP contribution in [0.25, 0.3) is 0 Å². The van der Waals surface area contributed by atoms with Crippen molar-refractivity contribution in [3.63, 3.8) is 0 Å². The summed E-state index contributed by atoms with van der Waals surface area (Å²) in [6.07, 6.45) is 0.0965. The fraction of sp³-hybridized carbons (Fsp3) is 0.364. The second-order valence-electron chi connectivity index (χ2n) is 8.71. The van der Waals surface area contributed by atoms with Gasteiger partial charge in [-0.2, -0.15) is 0 Å². The first-order valence-electron chi connectivity index (χ1n) is 9.87. The number of rotatable bonds is 5. The number of anilines is 2. The number of carbonyl (C=O) groups is 2. The van der Waals surface area contributed by atoms with E-state index in [1.54, 1.807) is 31.7 Å². The van der Waals surface area contributed by atoms with E-state index in [2.05, 4.69) is 10.0 Å². The van der Waals surface area contributed by atoms with Gasteiger partial charge >= 0.3 is 0 Å². The molecule has 0 bridgehead atoms. The minimum absolute atomic E-state index is 0.0965. The zero-order chi connectivity index (χ0) is 23.0. The van der Waals surface area contributed by atoms with Gasteiger partial charge in [0.2, 0.25) is 21.8 Å². The topological polar surface area (TPSA) is 95.6 Å². The molecule has 1 aliphatic heterocycles. The molecule has 0 unspecified atom stereocenters. The largest absolute Gasteiger partial charge is 0.326 e. The third-order valence-electron chi connectivity index (χ3n) is 4.84. The van der Waals surface area contributed by atoms with Crippen molar-refractivity contribution in [2.75, 3.05) is 16.8 Å². The van der Waals surface area contributed by atoms with Crippen LogP contribution in [0.4, 0.5) is 11.4 Å². The van der Waals surface area contributed by atoms with Gasteiger partial charge in [0.15, 0.2) is 0 Å². The molecule has 7 nitrogen and oxygen atoms in total. The van der Waals surface area contributed by atoms with E-state index in [0.717, 1.165) is 5.56 Å². The number of aryl methyl sites for hydroxylation is 1. The van der Waals surface area contributed by atoms with E-state index in [4.69, 9.17) is 11.6 Å². The monoisotopic (exact) mass is 463 g/mol. The van der Waals surface area contributed by atoms with Crippen molar-refractivity contribution < 1.29 is 18.0 Å². The Bertz CT molecular complexity index is 1110. The van der Waals surface area contributed by atoms with Crippen LogP contribution in [0.1, 0.15) is 32.8 Å². The summed E-state index contributed by atoms with van der Waals surface area (Å²) < 4.78 is 27.4. The third kappa shape index (κ3) is 5.64. The average Bonchev–Trinajstić information content (AvgIpc) is 3.04. The molecule has 1 fully saturated rings. The lowest BCUT2D eigenvalue weighted by Crippen LogP contribution is -2.40. The molecule has 0 spiro atoms. The van der Waals surface area contributed by atoms with E-state index in [0.29, 0.717) is 16.4 Å². The number of nitrogens with one attached hydrogen (secondary N) is 2. The Morgan fingerprint density at radius 2 is 1.77 bits per heavy atom. The van der Waals surface area contributed by atoms with Crippen LogP contribution < -0.4 is 14.9 Å². The van der Waals surface area contributed by atoms with Gasteiger partial charge < -0.3 is 10.2 Å². The van der Waals surface area contributed by atoms with E-state index in [1.807, 2.05) is 19.1 Å². The fourth-order valence-electron chi connectivity index (χ4n) is 3.31. The van der Waals surface area contributed by atoms with Crippen LogP contribution >= 0.6 is 11.6 Å². The first-order valence-corrected chi connectivity index (χ1v) is 11.7. The first-order chi connectivity index (χ1) is 14.4. The van der Waals surface area contributed by atoms with Crippen molar-refractivity contribution in [1.29, 1.82) is 0 Å². The van der Waals surface area contributed by atoms with Crippen LogP contribution in [0.5, 0.6) is 0 Å². The summed E-state index contributed by atoms with van der Waals surface area (Å²) in [5, 5.41) is 3.33. The number of sulfonamides is 1. The molecule has 2 N–H and O–H groups in total. The maximum atomic E-state index is 12.7. The second kappa shape index (κ2) is 8.61. The number of benzene rings is 2. The third-order valence-corrected chi connectivity index (χ3v) is 7.02. The zero-order valence-electron chi connectivity index (χ0n) is 17.9. The van der Waals surface area contributed by atoms with Gasteiger partial charge in [-0.05, 0) is 69.7 Å². The minimum atomic E-state index is -3.66. The maximum absolute atomic E-state index is 12.7. The number of hydrogen-bond donors (Lipinski definition) is 2. The minimum Gasteiger partial charge on any atom is -0.326 e. The van der Waals surface area contributed by atoms with Crippen LogP contribution in [0.3, 0.4) is 0 Å². The summed E-state index contributed by atoms with van der Waals surface area (Å²) in [6, 6.07) is 11.3. The van der Waals surface area contributed by atoms with Crippen LogP contribution in [0.2, 0.25) is 5.02 Å². The van der Waals surface area contributed by atoms with Crippen molar-refractivity contribution in [3.8, 4) is 0 Å². The number of nitrogens with zero attached hydrogens (tertiary/aromatic N) is 1. The lowest BCUT2D eigenvalue weighted by molar-refractivity contribution is -0.122. The van der Waals surface area contributed by atoms with E-state index < -0.39 is 21.5 Å². The van der Waals surface area contributed by atoms with Gasteiger partial charge in [0.25, 0.3) is 0 Å². The molecule has 1 atom stereocenters. The predicted octanol–water partition coefficient (Wildman–Crippen LogP) is 3.72. The van der Waals surface area contributed by atoms with Crippen molar-refractivity contribution in [1.82, 2.24) is 4.72 Å². The highest BCUT2D eigenvalue weighted by molar-refractivity contribution is 7.89. The van der Waals surface area contributed by atoms with E-state index in [9.17, 15) is 18.0 Å². The predicted molar refractivity (Wildman–Crippen MR) is 122 cm³/mol. The molecule has 3 rings (SSSR count). The van der Waals surface area contributed by atoms with Gasteiger partial charge in [-0.3, -0.25) is 9.59 Å². The Morgan fingerprint density at radius 1 is 1.13 bits per heavy atom. The number of halogens is 1. The van der Waals surface area contributed by atoms with E-state index in [1.165, 1.54) is 24.3 Å². The zero-order valence-corrected chi connectivity index (χ0v) is 19.5. The SMILES string of the molecule is Cc1ccc(N2C[C@H](C(=O)Nc3ccc(S(=O)(=O)NC(C)(C)C)cc3)CC2=O)cc1Cl. The Labute approximate surface area is 187 Å². The summed E-state index contributed by atoms with van der Waals surface area (Å²) in [4.78, 5) is 26.8. The molecular formula is C22H26ClN3O4S. The summed E-state index contributed by atoms with van der Waals surface area (Å²) in [5.74, 6) is -0.953. The summed E-state index contributed by atoms with van der Waals surface area (Å²) in [6.45, 7) is 7.41. The van der Waals surface area contributed by atoms with Crippen LogP contribution in [0.15, 0.2) is 47.4 Å². The molecule has 31 heavy (non-hydrogen) atoms. The Morgan fingerprint density at radius 3 is 2.35 bits per heavy atom. The van der Waals surface area contributed by atoms with E-state index >= 15 is 0 Å². The Hall–Kier alpha value is -2.42. The van der Waals surface area contributed by atoms with Gasteiger partial charge in [-0.1, -0.05) is 17.7 Å². The molecule has 1 saturated heterocycles. The Kier molecular flexibility index (Phi) is 6.45. The molecule has 9 heteroatoms. The second-order valence-corrected chi connectivity index (χ2v) is 10.8. The van der Waals surface area contributed by atoms with Crippen molar-refractivity contribution in [2.24, 2.45) is 5.92 Å². The number of amides is 2. The van der Waals surface area contributed by atoms with Crippen molar-refractivity contribution in [3.05, 3.63) is 53.1 Å². The lowest BCUT2D eigenvalue weighted by atomic mass is 10.1. The quantitative estimate of drug-likeness (QED) is 0.706. The van der Waals surface area contributed by atoms with Crippen molar-refractivity contribution >= 4 is 44.8 Å². The molecule has 2 aromatic carbocycles. The van der Waals surface area contributed by atoms with Gasteiger partial charge in [0.05, 0.1) is 10.8 Å². The molecule has 166 valence electrons. The van der Waals surface area contributed by atoms with E-state index in [-0.39, 0.29) is 29.7 Å². The Balaban J connectivity index is 1.67. The van der Waals surface area contributed by atoms with Crippen LogP contribution in [-0.4, -0.2) is 32.3 Å². The van der Waals surface area contributed by atoms with Gasteiger partial charge in [0, 0.05) is 34.9 Å². The molecular weight excluding hydrogens is 438 g/mol. The summed E-state index contributed by atoms with van der Waals surface area (Å²) in [5.41, 5.74) is 1.43. The molecule has 0 aliphatic carbocycles. The lowest BCUT2D eigenvalue weighted by Gasteiger charge is -2.20. The van der Waals surface area contributed by atoms with Gasteiger partial charge in [-0.15, -0.1) is 0 Å². The molecule has 0 aromatic heterocycles. The molecule has 2 aromatic rings. The van der Waals surface area contributed by atoms with Crippen molar-refractivity contribution in [2.45, 2.75) is 44.6 Å². The standard InChI is InChI=1S/C22H26ClN3O4S/c1-14-5-8-17(12-19(14)23)26-13-15(11-20(26)27)21(28)24-16-6-9-18(10-7-16)31(29,30)25-22(2,3)4/h5-10,12,15,25H,11,13H2,1-4H3,(H,24,28)/t15-/m1/s1. The highest BCUT2D eigenvalue weighted by Gasteiger charge is 2.35. The smallest absolute Gasteiger partial charge is 0.241 e. The van der Waals surface area contributed by atoms with Crippen LogP contribution in [0, 0.1) is 12.8 Å². The molecule has 2 amide bonds. The van der Waals surface area contributed by atoms with Gasteiger partial charge in [0.1, 0.15) is 0 Å². The number of hydrogen-bond acceptors (Lipinski definition) is 4. The van der Waals surface area contributed by atoms with Gasteiger partial charge in [-0.25, -0.2) is 13.1 Å². The molecule has 1 heterocycles. The molecule has 0 radical (unpaired) electrons. The normalized spacial score (nSPS) is 17.1.